The van der Waals surface area contributed by atoms with Crippen LogP contribution in [0.1, 0.15) is 16.8 Å². The maximum absolute atomic E-state index is 12.7. The van der Waals surface area contributed by atoms with E-state index in [1.807, 2.05) is 0 Å². The Balaban J connectivity index is 0.00000288. The van der Waals surface area contributed by atoms with Gasteiger partial charge in [-0.15, -0.1) is 12.4 Å². The minimum Gasteiger partial charge on any atom is -0.494 e. The number of hydrogen-bond acceptors (Lipinski definition) is 5. The van der Waals surface area contributed by atoms with E-state index in [4.69, 9.17) is 16.3 Å². The Hall–Kier alpha value is -1.06. The highest BCUT2D eigenvalue weighted by Crippen LogP contribution is 2.32. The van der Waals surface area contributed by atoms with E-state index in [9.17, 15) is 13.2 Å². The number of nitrogens with one attached hydrogen (secondary N) is 2. The largest absolute Gasteiger partial charge is 0.494 e. The van der Waals surface area contributed by atoms with Gasteiger partial charge in [-0.2, -0.15) is 0 Å². The predicted molar refractivity (Wildman–Crippen MR) is 94.9 cm³/mol. The number of benzene rings is 1. The fourth-order valence-corrected chi connectivity index (χ4v) is 4.19. The van der Waals surface area contributed by atoms with Crippen LogP contribution in [0.5, 0.6) is 5.75 Å². The van der Waals surface area contributed by atoms with Crippen LogP contribution in [-0.2, 0) is 10.0 Å². The summed E-state index contributed by atoms with van der Waals surface area (Å²) >= 11 is 6.02. The summed E-state index contributed by atoms with van der Waals surface area (Å²) in [5.74, 6) is -0.394. The van der Waals surface area contributed by atoms with E-state index >= 15 is 0 Å². The third kappa shape index (κ3) is 4.52. The number of sulfonamides is 1. The van der Waals surface area contributed by atoms with Gasteiger partial charge in [-0.1, -0.05) is 11.6 Å². The molecule has 0 saturated carbocycles. The molecule has 10 heteroatoms. The molecular weight excluding hydrogens is 377 g/mol. The zero-order valence-electron chi connectivity index (χ0n) is 13.6. The second-order valence-electron chi connectivity index (χ2n) is 5.50. The number of carbonyl (C=O) groups is 1. The minimum atomic E-state index is -3.86. The molecule has 2 rings (SSSR count). The second kappa shape index (κ2) is 8.35. The average Bonchev–Trinajstić information content (AvgIpc) is 2.97. The highest BCUT2D eigenvalue weighted by molar-refractivity contribution is 7.89. The summed E-state index contributed by atoms with van der Waals surface area (Å²) in [6, 6.07) is 2.49. The Morgan fingerprint density at radius 3 is 2.58 bits per heavy atom. The second-order valence-corrected chi connectivity index (χ2v) is 7.61. The summed E-state index contributed by atoms with van der Waals surface area (Å²) in [5.41, 5.74) is 0.106. The smallest absolute Gasteiger partial charge is 0.257 e. The zero-order chi connectivity index (χ0) is 17.2. The lowest BCUT2D eigenvalue weighted by molar-refractivity contribution is 0.0824. The van der Waals surface area contributed by atoms with Gasteiger partial charge in [0, 0.05) is 31.7 Å². The molecule has 0 spiro atoms. The third-order valence-corrected chi connectivity index (χ3v) is 5.28. The van der Waals surface area contributed by atoms with Crippen LogP contribution < -0.4 is 14.8 Å². The van der Waals surface area contributed by atoms with E-state index in [-0.39, 0.29) is 45.6 Å². The Bertz CT molecular complexity index is 704. The van der Waals surface area contributed by atoms with Gasteiger partial charge in [0.05, 0.1) is 12.7 Å². The average molecular weight is 398 g/mol. The van der Waals surface area contributed by atoms with Gasteiger partial charge in [-0.3, -0.25) is 4.79 Å². The van der Waals surface area contributed by atoms with E-state index < -0.39 is 10.0 Å². The lowest BCUT2D eigenvalue weighted by Crippen LogP contribution is -2.36. The Morgan fingerprint density at radius 1 is 1.42 bits per heavy atom. The van der Waals surface area contributed by atoms with E-state index in [2.05, 4.69) is 10.0 Å². The van der Waals surface area contributed by atoms with Crippen molar-refractivity contribution in [3.8, 4) is 5.75 Å². The number of methoxy groups -OCH3 is 1. The molecule has 1 aliphatic heterocycles. The molecule has 1 heterocycles. The maximum Gasteiger partial charge on any atom is 0.257 e. The number of carbonyl (C=O) groups excluding carboxylic acids is 1. The summed E-state index contributed by atoms with van der Waals surface area (Å²) in [5, 5.41) is 3.24. The molecule has 7 nitrogen and oxygen atoms in total. The number of halogens is 2. The van der Waals surface area contributed by atoms with Crippen molar-refractivity contribution in [3.05, 3.63) is 22.7 Å². The summed E-state index contributed by atoms with van der Waals surface area (Å²) in [6.07, 6.45) is 0.700. The number of hydrogen-bond donors (Lipinski definition) is 2. The first-order chi connectivity index (χ1) is 10.8. The highest BCUT2D eigenvalue weighted by Gasteiger charge is 2.29. The fourth-order valence-electron chi connectivity index (χ4n) is 2.42. The standard InChI is InChI=1S/C14H20ClN3O4S.ClH/c1-18(2)14(19)11-6-9(15)7-12(13(11)22-3)23(20,21)17-10-4-5-16-8-10;/h6-7,10,16-17H,4-5,8H2,1-3H3;1H. The van der Waals surface area contributed by atoms with Gasteiger partial charge in [0.1, 0.15) is 4.90 Å². The summed E-state index contributed by atoms with van der Waals surface area (Å²) in [6.45, 7) is 1.32. The van der Waals surface area contributed by atoms with E-state index in [1.165, 1.54) is 24.1 Å². The van der Waals surface area contributed by atoms with E-state index in [1.54, 1.807) is 14.1 Å². The van der Waals surface area contributed by atoms with Crippen LogP contribution in [0.2, 0.25) is 5.02 Å². The first-order valence-electron chi connectivity index (χ1n) is 7.08. The lowest BCUT2D eigenvalue weighted by Gasteiger charge is -2.18. The van der Waals surface area contributed by atoms with E-state index in [0.717, 1.165) is 6.54 Å². The topological polar surface area (TPSA) is 87.7 Å². The van der Waals surface area contributed by atoms with Crippen LogP contribution in [0.15, 0.2) is 17.0 Å². The van der Waals surface area contributed by atoms with Crippen molar-refractivity contribution in [2.45, 2.75) is 17.4 Å². The first-order valence-corrected chi connectivity index (χ1v) is 8.94. The molecule has 1 amide bonds. The molecule has 1 unspecified atom stereocenters. The van der Waals surface area contributed by atoms with Gasteiger partial charge in [-0.05, 0) is 25.1 Å². The molecule has 1 aromatic carbocycles. The van der Waals surface area contributed by atoms with Crippen LogP contribution >= 0.6 is 24.0 Å². The monoisotopic (exact) mass is 397 g/mol. The number of nitrogens with zero attached hydrogens (tertiary/aromatic N) is 1. The minimum absolute atomic E-state index is 0. The predicted octanol–water partition coefficient (Wildman–Crippen LogP) is 1.11. The molecular formula is C14H21Cl2N3O4S. The van der Waals surface area contributed by atoms with Gasteiger partial charge in [0.15, 0.2) is 5.75 Å². The lowest BCUT2D eigenvalue weighted by atomic mass is 10.2. The molecule has 0 aromatic heterocycles. The summed E-state index contributed by atoms with van der Waals surface area (Å²) in [7, 11) is 0.602. The fraction of sp³-hybridized carbons (Fsp3) is 0.500. The van der Waals surface area contributed by atoms with Crippen molar-refractivity contribution < 1.29 is 17.9 Å². The molecule has 2 N–H and O–H groups in total. The summed E-state index contributed by atoms with van der Waals surface area (Å²) < 4.78 is 33.2. The molecule has 136 valence electrons. The van der Waals surface area contributed by atoms with Crippen molar-refractivity contribution in [1.82, 2.24) is 14.9 Å². The van der Waals surface area contributed by atoms with Crippen LogP contribution in [0.25, 0.3) is 0 Å². The van der Waals surface area contributed by atoms with Crippen molar-refractivity contribution in [2.75, 3.05) is 34.3 Å². The Labute approximate surface area is 153 Å². The molecule has 1 aromatic rings. The first kappa shape index (κ1) is 21.0. The van der Waals surface area contributed by atoms with Crippen LogP contribution in [0, 0.1) is 0 Å². The number of rotatable bonds is 5. The van der Waals surface area contributed by atoms with Gasteiger partial charge < -0.3 is 15.0 Å². The van der Waals surface area contributed by atoms with Gasteiger partial charge in [0.25, 0.3) is 5.91 Å². The summed E-state index contributed by atoms with van der Waals surface area (Å²) in [4.78, 5) is 13.5. The normalized spacial score (nSPS) is 17.2. The molecule has 1 atom stereocenters. The Morgan fingerprint density at radius 2 is 2.08 bits per heavy atom. The molecule has 1 fully saturated rings. The van der Waals surface area contributed by atoms with Crippen molar-refractivity contribution in [2.24, 2.45) is 0 Å². The van der Waals surface area contributed by atoms with Crippen molar-refractivity contribution >= 4 is 39.9 Å². The maximum atomic E-state index is 12.7. The van der Waals surface area contributed by atoms with E-state index in [0.29, 0.717) is 13.0 Å². The van der Waals surface area contributed by atoms with Gasteiger partial charge in [0.2, 0.25) is 10.0 Å². The van der Waals surface area contributed by atoms with Gasteiger partial charge in [-0.25, -0.2) is 13.1 Å². The third-order valence-electron chi connectivity index (χ3n) is 3.53. The number of ether oxygens (including phenoxy) is 1. The molecule has 0 bridgehead atoms. The molecule has 24 heavy (non-hydrogen) atoms. The van der Waals surface area contributed by atoms with Crippen LogP contribution in [0.4, 0.5) is 0 Å². The number of amides is 1. The zero-order valence-corrected chi connectivity index (χ0v) is 16.0. The van der Waals surface area contributed by atoms with Crippen LogP contribution in [0.3, 0.4) is 0 Å². The van der Waals surface area contributed by atoms with Crippen molar-refractivity contribution in [1.29, 1.82) is 0 Å². The van der Waals surface area contributed by atoms with Crippen LogP contribution in [-0.4, -0.2) is 59.6 Å². The Kier molecular flexibility index (Phi) is 7.30. The van der Waals surface area contributed by atoms with Gasteiger partial charge >= 0.3 is 0 Å². The quantitative estimate of drug-likeness (QED) is 0.776. The molecule has 0 radical (unpaired) electrons. The molecule has 1 saturated heterocycles. The van der Waals surface area contributed by atoms with Crippen molar-refractivity contribution in [3.63, 3.8) is 0 Å². The highest BCUT2D eigenvalue weighted by atomic mass is 35.5. The molecule has 0 aliphatic carbocycles. The SMILES string of the molecule is COc1c(C(=O)N(C)C)cc(Cl)cc1S(=O)(=O)NC1CCNC1.Cl. The molecule has 1 aliphatic rings.